The molecule has 0 radical (unpaired) electrons. The van der Waals surface area contributed by atoms with Gasteiger partial charge in [-0.2, -0.15) is 0 Å². The number of phenols is 1. The Balaban J connectivity index is 2.19. The lowest BCUT2D eigenvalue weighted by atomic mass is 10.1. The third-order valence-corrected chi connectivity index (χ3v) is 2.96. The molecule has 0 spiro atoms. The van der Waals surface area contributed by atoms with Crippen LogP contribution in [0, 0.1) is 0 Å². The van der Waals surface area contributed by atoms with Crippen molar-refractivity contribution in [2.24, 2.45) is 0 Å². The summed E-state index contributed by atoms with van der Waals surface area (Å²) in [5.41, 5.74) is 1.01. The van der Waals surface area contributed by atoms with E-state index in [0.717, 1.165) is 24.4 Å². The molecule has 1 aromatic carbocycles. The molecule has 1 heterocycles. The molecule has 0 fully saturated rings. The smallest absolute Gasteiger partial charge is 0.134 e. The summed E-state index contributed by atoms with van der Waals surface area (Å²) in [7, 11) is 0. The van der Waals surface area contributed by atoms with Crippen LogP contribution in [-0.2, 0) is 13.0 Å². The van der Waals surface area contributed by atoms with E-state index in [0.29, 0.717) is 11.4 Å². The lowest BCUT2D eigenvalue weighted by molar-refractivity contribution is 0.475. The predicted octanol–water partition coefficient (Wildman–Crippen LogP) is 3.24. The lowest BCUT2D eigenvalue weighted by Crippen LogP contribution is -2.03. The molecule has 0 aliphatic carbocycles. The Morgan fingerprint density at radius 2 is 2.24 bits per heavy atom. The van der Waals surface area contributed by atoms with Crippen molar-refractivity contribution in [2.75, 3.05) is 0 Å². The number of aryl methyl sites for hydroxylation is 1. The van der Waals surface area contributed by atoms with E-state index in [1.54, 1.807) is 18.3 Å². The van der Waals surface area contributed by atoms with Crippen molar-refractivity contribution in [1.29, 1.82) is 0 Å². The molecule has 0 saturated carbocycles. The highest BCUT2D eigenvalue weighted by atomic mass is 35.5. The van der Waals surface area contributed by atoms with Crippen LogP contribution in [0.4, 0.5) is 0 Å². The van der Waals surface area contributed by atoms with Crippen LogP contribution < -0.4 is 0 Å². The Bertz CT molecular complexity index is 508. The van der Waals surface area contributed by atoms with E-state index in [4.69, 9.17) is 11.6 Å². The summed E-state index contributed by atoms with van der Waals surface area (Å²) in [6.45, 7) is 3.10. The van der Waals surface area contributed by atoms with Gasteiger partial charge in [-0.15, -0.1) is 0 Å². The summed E-state index contributed by atoms with van der Waals surface area (Å²) >= 11 is 5.77. The lowest BCUT2D eigenvalue weighted by Gasteiger charge is -2.07. The van der Waals surface area contributed by atoms with Crippen LogP contribution in [0.15, 0.2) is 30.6 Å². The fourth-order valence-corrected chi connectivity index (χ4v) is 1.92. The molecule has 2 rings (SSSR count). The van der Waals surface area contributed by atoms with E-state index < -0.39 is 0 Å². The number of aromatic hydroxyl groups is 1. The number of rotatable bonds is 4. The average Bonchev–Trinajstić information content (AvgIpc) is 2.72. The molecular formula is C13H15ClN2O. The summed E-state index contributed by atoms with van der Waals surface area (Å²) in [5.74, 6) is 1.13. The second-order valence-electron chi connectivity index (χ2n) is 4.00. The highest BCUT2D eigenvalue weighted by molar-refractivity contribution is 6.31. The first-order chi connectivity index (χ1) is 8.20. The van der Waals surface area contributed by atoms with Gasteiger partial charge in [0, 0.05) is 25.4 Å². The fourth-order valence-electron chi connectivity index (χ4n) is 1.80. The van der Waals surface area contributed by atoms with Gasteiger partial charge in [-0.25, -0.2) is 4.98 Å². The average molecular weight is 251 g/mol. The summed E-state index contributed by atoms with van der Waals surface area (Å²) < 4.78 is 2.13. The Kier molecular flexibility index (Phi) is 3.69. The molecule has 0 aliphatic rings. The zero-order valence-corrected chi connectivity index (χ0v) is 10.5. The Labute approximate surface area is 106 Å². The van der Waals surface area contributed by atoms with Gasteiger partial charge in [0.2, 0.25) is 0 Å². The van der Waals surface area contributed by atoms with Crippen molar-refractivity contribution >= 4 is 11.6 Å². The topological polar surface area (TPSA) is 38.0 Å². The fraction of sp³-hybridized carbons (Fsp3) is 0.308. The molecular weight excluding hydrogens is 236 g/mol. The summed E-state index contributed by atoms with van der Waals surface area (Å²) in [4.78, 5) is 4.33. The van der Waals surface area contributed by atoms with E-state index in [1.165, 1.54) is 0 Å². The molecule has 17 heavy (non-hydrogen) atoms. The number of nitrogens with zero attached hydrogens (tertiary/aromatic N) is 2. The van der Waals surface area contributed by atoms with E-state index in [9.17, 15) is 5.11 Å². The molecule has 0 aliphatic heterocycles. The number of halogens is 1. The zero-order chi connectivity index (χ0) is 12.3. The Hall–Kier alpha value is -1.48. The van der Waals surface area contributed by atoms with Gasteiger partial charge in [0.1, 0.15) is 11.6 Å². The van der Waals surface area contributed by atoms with E-state index in [-0.39, 0.29) is 5.75 Å². The summed E-state index contributed by atoms with van der Waals surface area (Å²) in [6, 6.07) is 5.31. The zero-order valence-electron chi connectivity index (χ0n) is 9.73. The largest absolute Gasteiger partial charge is 0.506 e. The Morgan fingerprint density at radius 1 is 1.41 bits per heavy atom. The number of benzene rings is 1. The van der Waals surface area contributed by atoms with Gasteiger partial charge >= 0.3 is 0 Å². The van der Waals surface area contributed by atoms with E-state index in [1.807, 2.05) is 12.3 Å². The first-order valence-electron chi connectivity index (χ1n) is 5.68. The highest BCUT2D eigenvalue weighted by Gasteiger charge is 2.05. The molecule has 0 amide bonds. The van der Waals surface area contributed by atoms with E-state index in [2.05, 4.69) is 16.5 Å². The van der Waals surface area contributed by atoms with Crippen LogP contribution >= 0.6 is 11.6 Å². The van der Waals surface area contributed by atoms with Crippen molar-refractivity contribution in [3.05, 3.63) is 47.0 Å². The second kappa shape index (κ2) is 5.23. The van der Waals surface area contributed by atoms with Gasteiger partial charge in [-0.1, -0.05) is 24.6 Å². The van der Waals surface area contributed by atoms with Crippen LogP contribution in [0.2, 0.25) is 5.02 Å². The monoisotopic (exact) mass is 250 g/mol. The Morgan fingerprint density at radius 3 is 2.94 bits per heavy atom. The quantitative estimate of drug-likeness (QED) is 0.905. The molecule has 0 bridgehead atoms. The van der Waals surface area contributed by atoms with Crippen molar-refractivity contribution in [2.45, 2.75) is 26.3 Å². The molecule has 0 atom stereocenters. The maximum absolute atomic E-state index is 9.54. The summed E-state index contributed by atoms with van der Waals surface area (Å²) in [5, 5.41) is 9.92. The van der Waals surface area contributed by atoms with Gasteiger partial charge < -0.3 is 9.67 Å². The van der Waals surface area contributed by atoms with Gasteiger partial charge in [0.15, 0.2) is 0 Å². The van der Waals surface area contributed by atoms with Crippen LogP contribution in [0.3, 0.4) is 0 Å². The molecule has 2 aromatic rings. The minimum absolute atomic E-state index is 0.123. The predicted molar refractivity (Wildman–Crippen MR) is 68.4 cm³/mol. The molecule has 3 nitrogen and oxygen atoms in total. The van der Waals surface area contributed by atoms with Crippen LogP contribution in [-0.4, -0.2) is 14.7 Å². The molecule has 0 unspecified atom stereocenters. The third-order valence-electron chi connectivity index (χ3n) is 2.64. The van der Waals surface area contributed by atoms with E-state index >= 15 is 0 Å². The van der Waals surface area contributed by atoms with Crippen molar-refractivity contribution in [3.8, 4) is 5.75 Å². The molecule has 1 N–H and O–H groups in total. The second-order valence-corrected chi connectivity index (χ2v) is 4.41. The number of hydrogen-bond acceptors (Lipinski definition) is 2. The standard InChI is InChI=1S/C13H15ClN2O/c1-2-6-16-7-5-15-13(16)9-10-3-4-11(14)12(17)8-10/h3-5,7-8,17H,2,6,9H2,1H3. The van der Waals surface area contributed by atoms with Gasteiger partial charge in [-0.3, -0.25) is 0 Å². The highest BCUT2D eigenvalue weighted by Crippen LogP contribution is 2.24. The summed E-state index contributed by atoms with van der Waals surface area (Å²) in [6.07, 6.45) is 5.57. The minimum Gasteiger partial charge on any atom is -0.506 e. The van der Waals surface area contributed by atoms with Crippen molar-refractivity contribution in [1.82, 2.24) is 9.55 Å². The first-order valence-corrected chi connectivity index (χ1v) is 6.06. The number of phenolic OH excluding ortho intramolecular Hbond substituents is 1. The molecule has 0 saturated heterocycles. The molecule has 1 aromatic heterocycles. The van der Waals surface area contributed by atoms with Gasteiger partial charge in [0.25, 0.3) is 0 Å². The van der Waals surface area contributed by atoms with Crippen molar-refractivity contribution < 1.29 is 5.11 Å². The first kappa shape index (κ1) is 12.0. The number of imidazole rings is 1. The third kappa shape index (κ3) is 2.80. The maximum atomic E-state index is 9.54. The normalized spacial score (nSPS) is 10.7. The van der Waals surface area contributed by atoms with Crippen molar-refractivity contribution in [3.63, 3.8) is 0 Å². The van der Waals surface area contributed by atoms with Crippen LogP contribution in [0.1, 0.15) is 24.7 Å². The molecule has 4 heteroatoms. The SMILES string of the molecule is CCCn1ccnc1Cc1ccc(Cl)c(O)c1. The number of aromatic nitrogens is 2. The molecule has 90 valence electrons. The minimum atomic E-state index is 0.123. The van der Waals surface area contributed by atoms with Crippen LogP contribution in [0.25, 0.3) is 0 Å². The maximum Gasteiger partial charge on any atom is 0.134 e. The van der Waals surface area contributed by atoms with Crippen LogP contribution in [0.5, 0.6) is 5.75 Å². The number of hydrogen-bond donors (Lipinski definition) is 1. The van der Waals surface area contributed by atoms with Gasteiger partial charge in [-0.05, 0) is 24.1 Å². The van der Waals surface area contributed by atoms with Gasteiger partial charge in [0.05, 0.1) is 5.02 Å².